The van der Waals surface area contributed by atoms with Crippen LogP contribution in [0.4, 0.5) is 5.82 Å². The first-order valence-corrected chi connectivity index (χ1v) is 7.29. The maximum atomic E-state index is 5.73. The number of nitrogens with zero attached hydrogens (tertiary/aromatic N) is 3. The molecule has 0 radical (unpaired) electrons. The van der Waals surface area contributed by atoms with Crippen LogP contribution in [-0.4, -0.2) is 15.0 Å². The lowest BCUT2D eigenvalue weighted by Gasteiger charge is -2.02. The second-order valence-electron chi connectivity index (χ2n) is 4.07. The Kier molecular flexibility index (Phi) is 3.90. The van der Waals surface area contributed by atoms with Crippen LogP contribution in [0.1, 0.15) is 5.69 Å². The second-order valence-corrected chi connectivity index (χ2v) is 5.27. The van der Waals surface area contributed by atoms with Crippen molar-refractivity contribution in [3.63, 3.8) is 0 Å². The molecule has 100 valence electrons. The van der Waals surface area contributed by atoms with Gasteiger partial charge in [-0.15, -0.1) is 11.3 Å². The van der Waals surface area contributed by atoms with Crippen LogP contribution in [0.15, 0.2) is 48.0 Å². The number of thiazole rings is 1. The fourth-order valence-corrected chi connectivity index (χ4v) is 2.69. The Morgan fingerprint density at radius 1 is 1.10 bits per heavy atom. The smallest absolute Gasteiger partial charge is 0.224 e. The number of benzene rings is 1. The van der Waals surface area contributed by atoms with E-state index < -0.39 is 0 Å². The lowest BCUT2D eigenvalue weighted by atomic mass is 10.2. The molecule has 1 N–H and O–H groups in total. The summed E-state index contributed by atoms with van der Waals surface area (Å²) in [5.41, 5.74) is 2.11. The van der Waals surface area contributed by atoms with Gasteiger partial charge in [0, 0.05) is 17.1 Å². The molecule has 6 heteroatoms. The SMILES string of the molecule is Clc1nccc(NCc2csc(-c3ccccc3)n2)n1. The number of hydrogen-bond acceptors (Lipinski definition) is 5. The van der Waals surface area contributed by atoms with E-state index in [1.54, 1.807) is 23.6 Å². The first-order valence-electron chi connectivity index (χ1n) is 6.03. The molecular formula is C14H11ClN4S. The molecule has 0 fully saturated rings. The van der Waals surface area contributed by atoms with Crippen LogP contribution >= 0.6 is 22.9 Å². The third-order valence-corrected chi connectivity index (χ3v) is 3.77. The van der Waals surface area contributed by atoms with Gasteiger partial charge in [-0.05, 0) is 17.7 Å². The van der Waals surface area contributed by atoms with E-state index in [0.29, 0.717) is 12.4 Å². The highest BCUT2D eigenvalue weighted by atomic mass is 35.5. The highest BCUT2D eigenvalue weighted by molar-refractivity contribution is 7.13. The summed E-state index contributed by atoms with van der Waals surface area (Å²) in [6, 6.07) is 11.9. The normalized spacial score (nSPS) is 10.4. The average Bonchev–Trinajstić information content (AvgIpc) is 2.95. The van der Waals surface area contributed by atoms with Gasteiger partial charge >= 0.3 is 0 Å². The van der Waals surface area contributed by atoms with Crippen LogP contribution in [0.5, 0.6) is 0 Å². The predicted octanol–water partition coefficient (Wildman–Crippen LogP) is 3.87. The quantitative estimate of drug-likeness (QED) is 0.743. The summed E-state index contributed by atoms with van der Waals surface area (Å²) >= 11 is 7.37. The van der Waals surface area contributed by atoms with Gasteiger partial charge in [-0.3, -0.25) is 0 Å². The lowest BCUT2D eigenvalue weighted by Crippen LogP contribution is -2.02. The van der Waals surface area contributed by atoms with Gasteiger partial charge < -0.3 is 5.32 Å². The van der Waals surface area contributed by atoms with Crippen molar-refractivity contribution in [3.05, 3.63) is 59.0 Å². The Hall–Kier alpha value is -1.98. The highest BCUT2D eigenvalue weighted by Gasteiger charge is 2.04. The number of nitrogens with one attached hydrogen (secondary N) is 1. The van der Waals surface area contributed by atoms with Gasteiger partial charge in [-0.2, -0.15) is 0 Å². The highest BCUT2D eigenvalue weighted by Crippen LogP contribution is 2.23. The molecule has 1 aromatic carbocycles. The zero-order valence-electron chi connectivity index (χ0n) is 10.5. The van der Waals surface area contributed by atoms with Gasteiger partial charge in [0.25, 0.3) is 0 Å². The molecule has 0 atom stereocenters. The van der Waals surface area contributed by atoms with Crippen molar-refractivity contribution in [1.29, 1.82) is 0 Å². The number of hydrogen-bond donors (Lipinski definition) is 1. The van der Waals surface area contributed by atoms with Crippen molar-refractivity contribution in [2.45, 2.75) is 6.54 Å². The average molecular weight is 303 g/mol. The number of halogens is 1. The summed E-state index contributed by atoms with van der Waals surface area (Å²) in [4.78, 5) is 12.5. The van der Waals surface area contributed by atoms with Crippen molar-refractivity contribution in [2.75, 3.05) is 5.32 Å². The zero-order chi connectivity index (χ0) is 13.8. The van der Waals surface area contributed by atoms with Crippen LogP contribution in [0.25, 0.3) is 10.6 Å². The van der Waals surface area contributed by atoms with Crippen molar-refractivity contribution in [3.8, 4) is 10.6 Å². The van der Waals surface area contributed by atoms with Crippen LogP contribution in [0, 0.1) is 0 Å². The molecule has 20 heavy (non-hydrogen) atoms. The van der Waals surface area contributed by atoms with Crippen LogP contribution in [-0.2, 0) is 6.54 Å². The van der Waals surface area contributed by atoms with Crippen molar-refractivity contribution in [1.82, 2.24) is 15.0 Å². The van der Waals surface area contributed by atoms with E-state index >= 15 is 0 Å². The second kappa shape index (κ2) is 5.98. The number of rotatable bonds is 4. The number of aromatic nitrogens is 3. The van der Waals surface area contributed by atoms with Gasteiger partial charge in [0.15, 0.2) is 0 Å². The van der Waals surface area contributed by atoms with E-state index in [4.69, 9.17) is 11.6 Å². The Bertz CT molecular complexity index is 699. The molecule has 2 heterocycles. The van der Waals surface area contributed by atoms with Crippen molar-refractivity contribution >= 4 is 28.8 Å². The third kappa shape index (κ3) is 3.12. The first-order chi connectivity index (χ1) is 9.81. The molecule has 0 bridgehead atoms. The summed E-state index contributed by atoms with van der Waals surface area (Å²) in [7, 11) is 0. The van der Waals surface area contributed by atoms with Crippen LogP contribution in [0.2, 0.25) is 5.28 Å². The minimum absolute atomic E-state index is 0.234. The first kappa shape index (κ1) is 13.0. The molecule has 0 amide bonds. The van der Waals surface area contributed by atoms with E-state index in [2.05, 4.69) is 32.4 Å². The topological polar surface area (TPSA) is 50.7 Å². The summed E-state index contributed by atoms with van der Waals surface area (Å²) < 4.78 is 0. The van der Waals surface area contributed by atoms with Gasteiger partial charge in [0.05, 0.1) is 12.2 Å². The zero-order valence-corrected chi connectivity index (χ0v) is 12.0. The Morgan fingerprint density at radius 3 is 2.75 bits per heavy atom. The molecule has 0 saturated carbocycles. The van der Waals surface area contributed by atoms with E-state index in [1.807, 2.05) is 23.6 Å². The third-order valence-electron chi connectivity index (χ3n) is 2.65. The van der Waals surface area contributed by atoms with Gasteiger partial charge in [0.1, 0.15) is 10.8 Å². The molecule has 0 aliphatic heterocycles. The van der Waals surface area contributed by atoms with Gasteiger partial charge in [-0.25, -0.2) is 15.0 Å². The van der Waals surface area contributed by atoms with Gasteiger partial charge in [0.2, 0.25) is 5.28 Å². The monoisotopic (exact) mass is 302 g/mol. The molecule has 2 aromatic heterocycles. The molecule has 0 saturated heterocycles. The fourth-order valence-electron chi connectivity index (χ4n) is 1.72. The number of anilines is 1. The molecule has 0 spiro atoms. The molecule has 0 aliphatic carbocycles. The maximum Gasteiger partial charge on any atom is 0.224 e. The summed E-state index contributed by atoms with van der Waals surface area (Å²) in [6.45, 7) is 0.608. The molecular weight excluding hydrogens is 292 g/mol. The maximum absolute atomic E-state index is 5.73. The fraction of sp³-hybridized carbons (Fsp3) is 0.0714. The minimum atomic E-state index is 0.234. The Morgan fingerprint density at radius 2 is 1.95 bits per heavy atom. The summed E-state index contributed by atoms with van der Waals surface area (Å²) in [6.07, 6.45) is 1.62. The van der Waals surface area contributed by atoms with Gasteiger partial charge in [-0.1, -0.05) is 30.3 Å². The molecule has 3 rings (SSSR count). The van der Waals surface area contributed by atoms with Crippen molar-refractivity contribution < 1.29 is 0 Å². The minimum Gasteiger partial charge on any atom is -0.364 e. The summed E-state index contributed by atoms with van der Waals surface area (Å²) in [5.74, 6) is 0.694. The van der Waals surface area contributed by atoms with E-state index in [-0.39, 0.29) is 5.28 Å². The van der Waals surface area contributed by atoms with Crippen LogP contribution < -0.4 is 5.32 Å². The standard InChI is InChI=1S/C14H11ClN4S/c15-14-16-7-6-12(19-14)17-8-11-9-20-13(18-11)10-4-2-1-3-5-10/h1-7,9H,8H2,(H,16,17,19). The summed E-state index contributed by atoms with van der Waals surface area (Å²) in [5, 5.41) is 6.47. The molecule has 0 unspecified atom stereocenters. The lowest BCUT2D eigenvalue weighted by molar-refractivity contribution is 1.04. The largest absolute Gasteiger partial charge is 0.364 e. The van der Waals surface area contributed by atoms with E-state index in [1.165, 1.54) is 0 Å². The Balaban J connectivity index is 1.69. The molecule has 0 aliphatic rings. The predicted molar refractivity (Wildman–Crippen MR) is 81.9 cm³/mol. The van der Waals surface area contributed by atoms with E-state index in [9.17, 15) is 0 Å². The van der Waals surface area contributed by atoms with Crippen LogP contribution in [0.3, 0.4) is 0 Å². The molecule has 4 nitrogen and oxygen atoms in total. The van der Waals surface area contributed by atoms with Crippen molar-refractivity contribution in [2.24, 2.45) is 0 Å². The van der Waals surface area contributed by atoms with E-state index in [0.717, 1.165) is 16.3 Å². The Labute approximate surface area is 125 Å². The molecule has 3 aromatic rings.